The molecule has 1 N–H and O–H groups in total. The molecule has 5 rings (SSSR count). The average molecular weight is 393 g/mol. The molecule has 2 aromatic carbocycles. The first-order valence-electron chi connectivity index (χ1n) is 9.89. The van der Waals surface area contributed by atoms with E-state index in [0.717, 1.165) is 17.7 Å². The topological polar surface area (TPSA) is 71.1 Å². The van der Waals surface area contributed by atoms with E-state index in [9.17, 15) is 9.59 Å². The molecule has 0 aliphatic carbocycles. The third-order valence-electron chi connectivity index (χ3n) is 6.04. The van der Waals surface area contributed by atoms with Gasteiger partial charge in [-0.3, -0.25) is 4.90 Å². The zero-order valence-electron chi connectivity index (χ0n) is 16.3. The molecular weight excluding hydrogens is 370 g/mol. The van der Waals surface area contributed by atoms with Crippen molar-refractivity contribution in [2.24, 2.45) is 0 Å². The van der Waals surface area contributed by atoms with Gasteiger partial charge in [-0.15, -0.1) is 0 Å². The second kappa shape index (κ2) is 6.77. The molecule has 0 aromatic heterocycles. The van der Waals surface area contributed by atoms with Crippen LogP contribution in [0.15, 0.2) is 42.5 Å². The second-order valence-corrected chi connectivity index (χ2v) is 7.81. The summed E-state index contributed by atoms with van der Waals surface area (Å²) in [5, 5.41) is 2.97. The van der Waals surface area contributed by atoms with Crippen LogP contribution in [0.4, 0.5) is 21.0 Å². The average Bonchev–Trinajstić information content (AvgIpc) is 3.44. The highest BCUT2D eigenvalue weighted by Gasteiger charge is 2.46. The van der Waals surface area contributed by atoms with Gasteiger partial charge in [0.25, 0.3) is 0 Å². The van der Waals surface area contributed by atoms with Gasteiger partial charge in [0.05, 0.1) is 25.4 Å². The molecule has 3 heterocycles. The first kappa shape index (κ1) is 18.0. The Kier molecular flexibility index (Phi) is 4.20. The number of hydrogen-bond donors (Lipinski definition) is 1. The Labute approximate surface area is 169 Å². The number of urea groups is 1. The summed E-state index contributed by atoms with van der Waals surface area (Å²) in [5.74, 6) is 0. The number of nitrogens with zero attached hydrogens (tertiary/aromatic N) is 2. The highest BCUT2D eigenvalue weighted by atomic mass is 16.6. The summed E-state index contributed by atoms with van der Waals surface area (Å²) in [6, 6.07) is 13.7. The number of ether oxygens (including phenoxy) is 2. The van der Waals surface area contributed by atoms with E-state index < -0.39 is 5.60 Å². The smallest absolute Gasteiger partial charge is 0.414 e. The predicted octanol–water partition coefficient (Wildman–Crippen LogP) is 3.61. The molecule has 1 atom stereocenters. The van der Waals surface area contributed by atoms with Gasteiger partial charge in [0.2, 0.25) is 0 Å². The number of hydrogen-bond acceptors (Lipinski definition) is 4. The van der Waals surface area contributed by atoms with Crippen LogP contribution in [-0.2, 0) is 21.7 Å². The summed E-state index contributed by atoms with van der Waals surface area (Å²) in [5.41, 5.74) is 4.38. The summed E-state index contributed by atoms with van der Waals surface area (Å²) in [7, 11) is 0. The van der Waals surface area contributed by atoms with Crippen LogP contribution in [0.2, 0.25) is 0 Å². The maximum absolute atomic E-state index is 12.9. The summed E-state index contributed by atoms with van der Waals surface area (Å²) < 4.78 is 11.2. The zero-order valence-corrected chi connectivity index (χ0v) is 16.3. The fourth-order valence-corrected chi connectivity index (χ4v) is 4.47. The predicted molar refractivity (Wildman–Crippen MR) is 108 cm³/mol. The van der Waals surface area contributed by atoms with Gasteiger partial charge < -0.3 is 19.7 Å². The quantitative estimate of drug-likeness (QED) is 0.846. The van der Waals surface area contributed by atoms with Crippen molar-refractivity contribution >= 4 is 23.5 Å². The lowest BCUT2D eigenvalue weighted by Gasteiger charge is -2.25. The number of likely N-dealkylation sites (tertiary alicyclic amines) is 1. The monoisotopic (exact) mass is 393 g/mol. The number of fused-ring (bicyclic) bond motifs is 2. The Hall–Kier alpha value is -3.06. The van der Waals surface area contributed by atoms with E-state index in [0.29, 0.717) is 38.5 Å². The Morgan fingerprint density at radius 2 is 2.03 bits per heavy atom. The van der Waals surface area contributed by atoms with E-state index in [1.807, 2.05) is 37.3 Å². The van der Waals surface area contributed by atoms with E-state index in [1.165, 1.54) is 11.1 Å². The fraction of sp³-hybridized carbons (Fsp3) is 0.364. The van der Waals surface area contributed by atoms with Crippen molar-refractivity contribution in [1.82, 2.24) is 4.90 Å². The molecule has 0 radical (unpaired) electrons. The Bertz CT molecular complexity index is 992. The lowest BCUT2D eigenvalue weighted by molar-refractivity contribution is -0.0269. The third-order valence-corrected chi connectivity index (χ3v) is 6.04. The van der Waals surface area contributed by atoms with Crippen LogP contribution in [0, 0.1) is 6.92 Å². The van der Waals surface area contributed by atoms with Crippen molar-refractivity contribution in [3.05, 3.63) is 59.2 Å². The van der Waals surface area contributed by atoms with Gasteiger partial charge in [-0.25, -0.2) is 9.59 Å². The summed E-state index contributed by atoms with van der Waals surface area (Å²) in [6.45, 7) is 4.60. The maximum Gasteiger partial charge on any atom is 0.414 e. The van der Waals surface area contributed by atoms with Gasteiger partial charge in [-0.1, -0.05) is 30.3 Å². The number of anilines is 2. The number of amides is 3. The van der Waals surface area contributed by atoms with Crippen LogP contribution in [0.25, 0.3) is 0 Å². The van der Waals surface area contributed by atoms with Crippen molar-refractivity contribution < 1.29 is 19.1 Å². The van der Waals surface area contributed by atoms with Gasteiger partial charge in [-0.05, 0) is 35.7 Å². The number of nitrogens with one attached hydrogen (secondary N) is 1. The van der Waals surface area contributed by atoms with Crippen LogP contribution in [0.1, 0.15) is 23.1 Å². The number of cyclic esters (lactones) is 1. The number of benzene rings is 2. The highest BCUT2D eigenvalue weighted by molar-refractivity contribution is 5.94. The largest absolute Gasteiger partial charge is 0.447 e. The first-order chi connectivity index (χ1) is 14.1. The van der Waals surface area contributed by atoms with Gasteiger partial charge in [0.1, 0.15) is 12.2 Å². The summed E-state index contributed by atoms with van der Waals surface area (Å²) >= 11 is 0. The van der Waals surface area contributed by atoms with Crippen LogP contribution in [0.5, 0.6) is 0 Å². The molecule has 29 heavy (non-hydrogen) atoms. The molecular formula is C22H23N3O4. The molecule has 3 aliphatic rings. The Morgan fingerprint density at radius 3 is 2.86 bits per heavy atom. The minimum atomic E-state index is -0.397. The molecule has 0 bridgehead atoms. The van der Waals surface area contributed by atoms with Crippen molar-refractivity contribution in [1.29, 1.82) is 0 Å². The van der Waals surface area contributed by atoms with Crippen LogP contribution in [-0.4, -0.2) is 43.3 Å². The standard InChI is InChI=1S/C22H23N3O4/c1-15-6-7-17(12-19(15)25-10-11-28-21(25)27)23-20(26)24-9-8-22(14-24)18-5-3-2-4-16(18)13-29-22/h2-7,12H,8-11,13-14H2,1H3,(H,23,26). The molecule has 2 saturated heterocycles. The van der Waals surface area contributed by atoms with Crippen LogP contribution < -0.4 is 10.2 Å². The molecule has 3 amide bonds. The van der Waals surface area contributed by atoms with E-state index in [1.54, 1.807) is 9.80 Å². The number of rotatable bonds is 2. The fourth-order valence-electron chi connectivity index (χ4n) is 4.47. The zero-order chi connectivity index (χ0) is 20.0. The molecule has 0 saturated carbocycles. The van der Waals surface area contributed by atoms with Gasteiger partial charge in [-0.2, -0.15) is 0 Å². The lowest BCUT2D eigenvalue weighted by atomic mass is 9.92. The maximum atomic E-state index is 12.9. The molecule has 2 fully saturated rings. The molecule has 7 nitrogen and oxygen atoms in total. The number of aryl methyl sites for hydroxylation is 1. The molecule has 1 spiro atoms. The SMILES string of the molecule is Cc1ccc(NC(=O)N2CCC3(C2)OCc2ccccc23)cc1N1CCOC1=O. The van der Waals surface area contributed by atoms with Gasteiger partial charge in [0.15, 0.2) is 0 Å². The molecule has 150 valence electrons. The minimum absolute atomic E-state index is 0.159. The molecule has 2 aromatic rings. The summed E-state index contributed by atoms with van der Waals surface area (Å²) in [4.78, 5) is 28.2. The minimum Gasteiger partial charge on any atom is -0.447 e. The second-order valence-electron chi connectivity index (χ2n) is 7.81. The Morgan fingerprint density at radius 1 is 1.17 bits per heavy atom. The first-order valence-corrected chi connectivity index (χ1v) is 9.89. The molecule has 1 unspecified atom stereocenters. The molecule has 7 heteroatoms. The van der Waals surface area contributed by atoms with Crippen molar-refractivity contribution in [2.75, 3.05) is 36.5 Å². The van der Waals surface area contributed by atoms with E-state index in [4.69, 9.17) is 9.47 Å². The van der Waals surface area contributed by atoms with Crippen molar-refractivity contribution in [2.45, 2.75) is 25.6 Å². The van der Waals surface area contributed by atoms with E-state index >= 15 is 0 Å². The lowest BCUT2D eigenvalue weighted by Crippen LogP contribution is -2.37. The van der Waals surface area contributed by atoms with Crippen molar-refractivity contribution in [3.63, 3.8) is 0 Å². The third kappa shape index (κ3) is 3.02. The highest BCUT2D eigenvalue weighted by Crippen LogP contribution is 2.43. The van der Waals surface area contributed by atoms with Crippen molar-refractivity contribution in [3.8, 4) is 0 Å². The van der Waals surface area contributed by atoms with Gasteiger partial charge in [0, 0.05) is 18.7 Å². The summed E-state index contributed by atoms with van der Waals surface area (Å²) in [6.07, 6.45) is 0.436. The normalized spacial score (nSPS) is 22.9. The number of carbonyl (C=O) groups excluding carboxylic acids is 2. The van der Waals surface area contributed by atoms with Gasteiger partial charge >= 0.3 is 12.1 Å². The Balaban J connectivity index is 1.31. The molecule has 3 aliphatic heterocycles. The number of carbonyl (C=O) groups is 2. The van der Waals surface area contributed by atoms with Crippen LogP contribution >= 0.6 is 0 Å². The van der Waals surface area contributed by atoms with E-state index in [2.05, 4.69) is 17.4 Å². The van der Waals surface area contributed by atoms with E-state index in [-0.39, 0.29) is 12.1 Å². The van der Waals surface area contributed by atoms with Crippen LogP contribution in [0.3, 0.4) is 0 Å².